The first-order valence-corrected chi connectivity index (χ1v) is 18.9. The average Bonchev–Trinajstić information content (AvgIpc) is 3.02. The second kappa shape index (κ2) is 16.8. The van der Waals surface area contributed by atoms with Crippen molar-refractivity contribution in [2.24, 2.45) is 0 Å². The van der Waals surface area contributed by atoms with Crippen molar-refractivity contribution in [3.8, 4) is 5.75 Å². The van der Waals surface area contributed by atoms with Crippen LogP contribution in [0.25, 0.3) is 0 Å². The van der Waals surface area contributed by atoms with E-state index in [1.54, 1.807) is 24.3 Å². The molecule has 0 aromatic heterocycles. The summed E-state index contributed by atoms with van der Waals surface area (Å²) in [4.78, 5) is 12.0. The third-order valence-electron chi connectivity index (χ3n) is 7.47. The van der Waals surface area contributed by atoms with Gasteiger partial charge in [0.25, 0.3) is 8.32 Å². The minimum absolute atomic E-state index is 0.0466. The monoisotopic (exact) mass is 717 g/mol. The van der Waals surface area contributed by atoms with Gasteiger partial charge in [0.05, 0.1) is 18.1 Å². The fraction of sp³-hybridized carbons (Fsp3) is 0.286. The first-order valence-electron chi connectivity index (χ1n) is 14.9. The van der Waals surface area contributed by atoms with E-state index < -0.39 is 33.5 Å². The number of carboxylic acid groups (broad SMARTS) is 1. The second-order valence-electron chi connectivity index (χ2n) is 11.9. The van der Waals surface area contributed by atoms with Gasteiger partial charge in [-0.25, -0.2) is 4.39 Å². The summed E-state index contributed by atoms with van der Waals surface area (Å²) in [6.45, 7) is 5.99. The van der Waals surface area contributed by atoms with Gasteiger partial charge in [-0.2, -0.15) is 0 Å². The Morgan fingerprint density at radius 3 is 2.06 bits per heavy atom. The Bertz CT molecular complexity index is 1600. The van der Waals surface area contributed by atoms with Crippen molar-refractivity contribution in [1.29, 1.82) is 0 Å². The van der Waals surface area contributed by atoms with Gasteiger partial charge in [-0.3, -0.25) is 4.79 Å². The van der Waals surface area contributed by atoms with Crippen molar-refractivity contribution >= 4 is 55.9 Å². The van der Waals surface area contributed by atoms with E-state index in [4.69, 9.17) is 41.6 Å². The van der Waals surface area contributed by atoms with Crippen LogP contribution >= 0.6 is 31.2 Å². The lowest BCUT2D eigenvalue weighted by atomic mass is 10.2. The van der Waals surface area contributed by atoms with Crippen molar-refractivity contribution in [3.05, 3.63) is 124 Å². The molecule has 0 heterocycles. The van der Waals surface area contributed by atoms with E-state index in [1.807, 2.05) is 60.7 Å². The molecule has 248 valence electrons. The summed E-state index contributed by atoms with van der Waals surface area (Å²) in [5.41, 5.74) is 1.24. The van der Waals surface area contributed by atoms with E-state index in [0.717, 1.165) is 15.9 Å². The Hall–Kier alpha value is -3.14. The first kappa shape index (κ1) is 36.7. The van der Waals surface area contributed by atoms with Crippen LogP contribution < -0.4 is 15.1 Å². The van der Waals surface area contributed by atoms with E-state index in [9.17, 15) is 18.9 Å². The summed E-state index contributed by atoms with van der Waals surface area (Å²) in [7, 11) is -5.49. The molecule has 0 saturated carbocycles. The molecule has 7 nitrogen and oxygen atoms in total. The Balaban J connectivity index is 1.45. The maximum Gasteiger partial charge on any atom is 0.513 e. The summed E-state index contributed by atoms with van der Waals surface area (Å²) < 4.78 is 50.5. The maximum absolute atomic E-state index is 13.3. The number of aliphatic carboxylic acids is 1. The Morgan fingerprint density at radius 2 is 1.51 bits per heavy atom. The van der Waals surface area contributed by atoms with Crippen LogP contribution in [0.1, 0.15) is 38.3 Å². The molecule has 0 radical (unpaired) electrons. The summed E-state index contributed by atoms with van der Waals surface area (Å²) in [5.74, 6) is -1.05. The minimum atomic E-state index is -3.12. The lowest BCUT2D eigenvalue weighted by Crippen LogP contribution is -2.68. The number of hydrogen-bond acceptors (Lipinski definition) is 6. The van der Waals surface area contributed by atoms with Gasteiger partial charge in [-0.05, 0) is 49.8 Å². The smallest absolute Gasteiger partial charge is 0.488 e. The number of hydrogen-bond donors (Lipinski definition) is 1. The fourth-order valence-electron chi connectivity index (χ4n) is 5.33. The minimum Gasteiger partial charge on any atom is -0.488 e. The van der Waals surface area contributed by atoms with Gasteiger partial charge in [0, 0.05) is 10.6 Å². The number of ether oxygens (including phenoxy) is 2. The standard InChI is InChI=1S/C35H36Cl2FO7PSi/c1-35(2,3)47(29-10-6-4-7-11-29,30-12-8-5-9-13-30)45-28(20-34(39)40)23-46(41)44-24-42-22-31-32(37)18-26(36)19-33(31)43-21-25-14-16-27(38)17-15-25/h4-19,28H,20-24H2,1-3H3/p+1. The lowest BCUT2D eigenvalue weighted by Gasteiger charge is -2.44. The molecule has 4 aromatic rings. The number of halogens is 3. The average molecular weight is 719 g/mol. The highest BCUT2D eigenvalue weighted by molar-refractivity contribution is 7.39. The molecular formula is C35H37Cl2FO7PSi+. The van der Waals surface area contributed by atoms with Crippen molar-refractivity contribution in [2.75, 3.05) is 13.0 Å². The summed E-state index contributed by atoms with van der Waals surface area (Å²) in [6, 6.07) is 28.7. The molecular weight excluding hydrogens is 681 g/mol. The maximum atomic E-state index is 13.3. The molecule has 2 unspecified atom stereocenters. The molecule has 0 bridgehead atoms. The SMILES string of the molecule is CC(C)(C)[Si](OC(CC(=O)O)C[P+](=O)OCOCc1c(Cl)cc(Cl)cc1OCc1ccc(F)cc1)(c1ccccc1)c1ccccc1. The Kier molecular flexibility index (Phi) is 13.1. The molecule has 0 amide bonds. The highest BCUT2D eigenvalue weighted by Crippen LogP contribution is 2.39. The predicted octanol–water partition coefficient (Wildman–Crippen LogP) is 8.36. The Labute approximate surface area is 286 Å². The zero-order valence-electron chi connectivity index (χ0n) is 26.3. The fourth-order valence-corrected chi connectivity index (χ4v) is 11.5. The third kappa shape index (κ3) is 9.94. The number of benzene rings is 4. The number of carbonyl (C=O) groups is 1. The molecule has 12 heteroatoms. The highest BCUT2D eigenvalue weighted by Gasteiger charge is 2.52. The predicted molar refractivity (Wildman–Crippen MR) is 185 cm³/mol. The van der Waals surface area contributed by atoms with Gasteiger partial charge in [-0.1, -0.05) is 117 Å². The molecule has 0 spiro atoms. The molecule has 47 heavy (non-hydrogen) atoms. The number of carboxylic acids is 1. The molecule has 1 N–H and O–H groups in total. The van der Waals surface area contributed by atoms with Crippen molar-refractivity contribution in [3.63, 3.8) is 0 Å². The van der Waals surface area contributed by atoms with Gasteiger partial charge in [0.2, 0.25) is 13.0 Å². The largest absolute Gasteiger partial charge is 0.513 e. The van der Waals surface area contributed by atoms with E-state index in [-0.39, 0.29) is 38.4 Å². The van der Waals surface area contributed by atoms with Crippen LogP contribution in [0.4, 0.5) is 4.39 Å². The van der Waals surface area contributed by atoms with Crippen LogP contribution in [-0.4, -0.2) is 38.5 Å². The topological polar surface area (TPSA) is 91.3 Å². The first-order chi connectivity index (χ1) is 22.4. The van der Waals surface area contributed by atoms with Crippen molar-refractivity contribution in [2.45, 2.75) is 51.5 Å². The molecule has 0 fully saturated rings. The molecule has 0 aliphatic rings. The van der Waals surface area contributed by atoms with Crippen molar-refractivity contribution < 1.29 is 37.3 Å². The zero-order chi connectivity index (χ0) is 34.0. The zero-order valence-corrected chi connectivity index (χ0v) is 29.7. The van der Waals surface area contributed by atoms with Crippen LogP contribution in [0.3, 0.4) is 0 Å². The van der Waals surface area contributed by atoms with Crippen LogP contribution in [0.5, 0.6) is 5.75 Å². The highest BCUT2D eigenvalue weighted by atomic mass is 35.5. The van der Waals surface area contributed by atoms with Gasteiger partial charge >= 0.3 is 14.0 Å². The molecule has 4 aromatic carbocycles. The molecule has 4 rings (SSSR count). The normalized spacial score (nSPS) is 12.9. The lowest BCUT2D eigenvalue weighted by molar-refractivity contribution is -0.138. The summed E-state index contributed by atoms with van der Waals surface area (Å²) in [5, 5.41) is 12.0. The van der Waals surface area contributed by atoms with Crippen LogP contribution in [-0.2, 0) is 36.3 Å². The Morgan fingerprint density at radius 1 is 0.915 bits per heavy atom. The van der Waals surface area contributed by atoms with Crippen LogP contribution in [0, 0.1) is 5.82 Å². The van der Waals surface area contributed by atoms with Gasteiger partial charge in [-0.15, -0.1) is 4.52 Å². The number of rotatable bonds is 16. The van der Waals surface area contributed by atoms with Crippen LogP contribution in [0.15, 0.2) is 97.1 Å². The third-order valence-corrected chi connectivity index (χ3v) is 14.2. The van der Waals surface area contributed by atoms with Crippen molar-refractivity contribution in [1.82, 2.24) is 0 Å². The van der Waals surface area contributed by atoms with E-state index in [0.29, 0.717) is 21.4 Å². The van der Waals surface area contributed by atoms with Gasteiger partial charge < -0.3 is 19.0 Å². The van der Waals surface area contributed by atoms with E-state index in [2.05, 4.69) is 20.8 Å². The molecule has 0 aliphatic heterocycles. The summed E-state index contributed by atoms with van der Waals surface area (Å²) in [6.07, 6.45) is -1.41. The molecule has 0 saturated heterocycles. The second-order valence-corrected chi connectivity index (χ2v) is 18.3. The quantitative estimate of drug-likeness (QED) is 0.0539. The molecule has 0 aliphatic carbocycles. The van der Waals surface area contributed by atoms with Gasteiger partial charge in [0.15, 0.2) is 0 Å². The van der Waals surface area contributed by atoms with Gasteiger partial charge in [0.1, 0.15) is 24.3 Å². The van der Waals surface area contributed by atoms with E-state index >= 15 is 0 Å². The van der Waals surface area contributed by atoms with Crippen LogP contribution in [0.2, 0.25) is 15.1 Å². The van der Waals surface area contributed by atoms with E-state index in [1.165, 1.54) is 12.1 Å². The molecule has 2 atom stereocenters. The summed E-state index contributed by atoms with van der Waals surface area (Å²) >= 11 is 12.6.